The van der Waals surface area contributed by atoms with Gasteiger partial charge < -0.3 is 4.98 Å². The van der Waals surface area contributed by atoms with Gasteiger partial charge >= 0.3 is 0 Å². The van der Waals surface area contributed by atoms with E-state index in [1.54, 1.807) is 4.57 Å². The van der Waals surface area contributed by atoms with E-state index in [1.807, 2.05) is 24.3 Å². The van der Waals surface area contributed by atoms with Gasteiger partial charge in [-0.05, 0) is 61.4 Å². The van der Waals surface area contributed by atoms with E-state index < -0.39 is 0 Å². The van der Waals surface area contributed by atoms with E-state index in [9.17, 15) is 4.79 Å². The summed E-state index contributed by atoms with van der Waals surface area (Å²) in [6.45, 7) is 0.792. The van der Waals surface area contributed by atoms with Crippen LogP contribution >= 0.6 is 12.2 Å². The van der Waals surface area contributed by atoms with Crippen LogP contribution in [-0.4, -0.2) is 9.55 Å². The van der Waals surface area contributed by atoms with Crippen molar-refractivity contribution in [2.24, 2.45) is 17.8 Å². The van der Waals surface area contributed by atoms with Crippen molar-refractivity contribution in [1.29, 1.82) is 0 Å². The summed E-state index contributed by atoms with van der Waals surface area (Å²) in [4.78, 5) is 15.8. The predicted octanol–water partition coefficient (Wildman–Crippen LogP) is 3.50. The number of fused-ring (bicyclic) bond motifs is 3. The summed E-state index contributed by atoms with van der Waals surface area (Å²) in [6.07, 6.45) is 5.37. The van der Waals surface area contributed by atoms with Crippen molar-refractivity contribution < 1.29 is 0 Å². The van der Waals surface area contributed by atoms with Gasteiger partial charge in [-0.25, -0.2) is 0 Å². The Kier molecular flexibility index (Phi) is 2.81. The molecule has 0 amide bonds. The third kappa shape index (κ3) is 1.85. The van der Waals surface area contributed by atoms with E-state index >= 15 is 0 Å². The number of H-pyrrole nitrogens is 1. The monoisotopic (exact) mass is 286 g/mol. The van der Waals surface area contributed by atoms with E-state index in [4.69, 9.17) is 12.2 Å². The molecule has 4 rings (SSSR count). The first kappa shape index (κ1) is 12.3. The SMILES string of the molecule is O=c1c2ccccc2[nH]c(=S)n1CC1CC2CCC1C2. The Bertz CT molecular complexity index is 776. The molecule has 3 atom stereocenters. The molecule has 3 unspecified atom stereocenters. The predicted molar refractivity (Wildman–Crippen MR) is 82.3 cm³/mol. The number of hydrogen-bond acceptors (Lipinski definition) is 2. The van der Waals surface area contributed by atoms with E-state index in [-0.39, 0.29) is 5.56 Å². The molecule has 1 aromatic carbocycles. The molecule has 0 aliphatic heterocycles. The molecule has 104 valence electrons. The molecule has 2 aliphatic rings. The number of para-hydroxylation sites is 1. The van der Waals surface area contributed by atoms with E-state index in [1.165, 1.54) is 25.7 Å². The minimum Gasteiger partial charge on any atom is -0.332 e. The second-order valence-corrected chi connectivity index (χ2v) is 6.71. The topological polar surface area (TPSA) is 37.8 Å². The van der Waals surface area contributed by atoms with Gasteiger partial charge in [-0.1, -0.05) is 18.6 Å². The maximum absolute atomic E-state index is 12.6. The van der Waals surface area contributed by atoms with E-state index in [2.05, 4.69) is 4.98 Å². The number of aromatic nitrogens is 2. The van der Waals surface area contributed by atoms with Crippen LogP contribution in [0.15, 0.2) is 29.1 Å². The van der Waals surface area contributed by atoms with Gasteiger partial charge in [0.15, 0.2) is 4.77 Å². The molecule has 0 saturated heterocycles. The normalized spacial score (nSPS) is 28.3. The zero-order valence-corrected chi connectivity index (χ0v) is 12.2. The van der Waals surface area contributed by atoms with Crippen molar-refractivity contribution in [3.63, 3.8) is 0 Å². The minimum atomic E-state index is 0.0622. The molecule has 0 radical (unpaired) electrons. The highest BCUT2D eigenvalue weighted by molar-refractivity contribution is 7.71. The van der Waals surface area contributed by atoms with Gasteiger partial charge in [-0.15, -0.1) is 0 Å². The van der Waals surface area contributed by atoms with Crippen LogP contribution in [0.1, 0.15) is 25.7 Å². The van der Waals surface area contributed by atoms with Crippen LogP contribution in [0.2, 0.25) is 0 Å². The van der Waals surface area contributed by atoms with Crippen molar-refractivity contribution in [3.05, 3.63) is 39.4 Å². The number of rotatable bonds is 2. The van der Waals surface area contributed by atoms with Crippen molar-refractivity contribution in [3.8, 4) is 0 Å². The Hall–Kier alpha value is -1.42. The van der Waals surface area contributed by atoms with Crippen LogP contribution in [0.25, 0.3) is 10.9 Å². The van der Waals surface area contributed by atoms with Gasteiger partial charge in [0, 0.05) is 6.54 Å². The van der Waals surface area contributed by atoms with Crippen molar-refractivity contribution in [2.75, 3.05) is 0 Å². The summed E-state index contributed by atoms with van der Waals surface area (Å²) in [5, 5.41) is 0.740. The number of aromatic amines is 1. The summed E-state index contributed by atoms with van der Waals surface area (Å²) in [7, 11) is 0. The van der Waals surface area contributed by atoms with Crippen LogP contribution in [0.4, 0.5) is 0 Å². The van der Waals surface area contributed by atoms with Gasteiger partial charge in [-0.3, -0.25) is 9.36 Å². The second-order valence-electron chi connectivity index (χ2n) is 6.33. The second kappa shape index (κ2) is 4.55. The maximum Gasteiger partial charge on any atom is 0.262 e. The number of nitrogens with one attached hydrogen (secondary N) is 1. The standard InChI is InChI=1S/C16H18N2OS/c19-15-13-3-1-2-4-14(13)17-16(20)18(15)9-12-8-10-5-6-11(12)7-10/h1-4,10-12H,5-9H2,(H,17,20). The Labute approximate surface area is 122 Å². The van der Waals surface area contributed by atoms with Crippen LogP contribution in [0.3, 0.4) is 0 Å². The Morgan fingerprint density at radius 1 is 1.25 bits per heavy atom. The molecule has 1 N–H and O–H groups in total. The highest BCUT2D eigenvalue weighted by Gasteiger charge is 2.39. The third-order valence-corrected chi connectivity index (χ3v) is 5.51. The molecule has 4 heteroatoms. The molecular weight excluding hydrogens is 268 g/mol. The molecule has 2 aliphatic carbocycles. The molecule has 20 heavy (non-hydrogen) atoms. The van der Waals surface area contributed by atoms with Crippen molar-refractivity contribution >= 4 is 23.1 Å². The zero-order valence-electron chi connectivity index (χ0n) is 11.3. The molecule has 1 aromatic heterocycles. The summed E-state index contributed by atoms with van der Waals surface area (Å²) in [5.74, 6) is 2.36. The summed E-state index contributed by atoms with van der Waals surface area (Å²) in [5.41, 5.74) is 0.902. The van der Waals surface area contributed by atoms with Crippen molar-refractivity contribution in [1.82, 2.24) is 9.55 Å². The minimum absolute atomic E-state index is 0.0622. The fraction of sp³-hybridized carbons (Fsp3) is 0.500. The largest absolute Gasteiger partial charge is 0.332 e. The molecule has 2 bridgehead atoms. The zero-order chi connectivity index (χ0) is 13.7. The molecular formula is C16H18N2OS. The van der Waals surface area contributed by atoms with Crippen LogP contribution in [0, 0.1) is 22.5 Å². The third-order valence-electron chi connectivity index (χ3n) is 5.19. The molecule has 3 nitrogen and oxygen atoms in total. The molecule has 2 fully saturated rings. The van der Waals surface area contributed by atoms with Crippen molar-refractivity contribution in [2.45, 2.75) is 32.2 Å². The summed E-state index contributed by atoms with van der Waals surface area (Å²) in [6, 6.07) is 7.62. The molecule has 2 saturated carbocycles. The number of hydrogen-bond donors (Lipinski definition) is 1. The number of benzene rings is 1. The molecule has 1 heterocycles. The smallest absolute Gasteiger partial charge is 0.262 e. The molecule has 0 spiro atoms. The maximum atomic E-state index is 12.6. The lowest BCUT2D eigenvalue weighted by molar-refractivity contribution is 0.291. The van der Waals surface area contributed by atoms with Gasteiger partial charge in [0.1, 0.15) is 0 Å². The van der Waals surface area contributed by atoms with Crippen LogP contribution in [-0.2, 0) is 6.54 Å². The van der Waals surface area contributed by atoms with Crippen LogP contribution in [0.5, 0.6) is 0 Å². The molecule has 2 aromatic rings. The fourth-order valence-corrected chi connectivity index (χ4v) is 4.47. The van der Waals surface area contributed by atoms with Gasteiger partial charge in [0.25, 0.3) is 5.56 Å². The van der Waals surface area contributed by atoms with E-state index in [0.29, 0.717) is 10.7 Å². The average molecular weight is 286 g/mol. The average Bonchev–Trinajstić information content (AvgIpc) is 3.06. The van der Waals surface area contributed by atoms with Crippen LogP contribution < -0.4 is 5.56 Å². The summed E-state index contributed by atoms with van der Waals surface area (Å²) >= 11 is 5.40. The Morgan fingerprint density at radius 3 is 2.85 bits per heavy atom. The Morgan fingerprint density at radius 2 is 2.10 bits per heavy atom. The Balaban J connectivity index is 1.76. The quantitative estimate of drug-likeness (QED) is 0.858. The lowest BCUT2D eigenvalue weighted by Gasteiger charge is -2.22. The highest BCUT2D eigenvalue weighted by Crippen LogP contribution is 2.48. The first-order chi connectivity index (χ1) is 9.72. The van der Waals surface area contributed by atoms with Gasteiger partial charge in [-0.2, -0.15) is 0 Å². The van der Waals surface area contributed by atoms with E-state index in [0.717, 1.165) is 29.3 Å². The highest BCUT2D eigenvalue weighted by atomic mass is 32.1. The summed E-state index contributed by atoms with van der Waals surface area (Å²) < 4.78 is 2.35. The first-order valence-electron chi connectivity index (χ1n) is 7.44. The fourth-order valence-electron chi connectivity index (χ4n) is 4.20. The lowest BCUT2D eigenvalue weighted by Crippen LogP contribution is -2.28. The van der Waals surface area contributed by atoms with Gasteiger partial charge in [0.2, 0.25) is 0 Å². The van der Waals surface area contributed by atoms with Gasteiger partial charge in [0.05, 0.1) is 10.9 Å². The lowest BCUT2D eigenvalue weighted by atomic mass is 9.89. The number of nitrogens with zero attached hydrogens (tertiary/aromatic N) is 1. The first-order valence-corrected chi connectivity index (χ1v) is 7.85.